The summed E-state index contributed by atoms with van der Waals surface area (Å²) < 4.78 is 23.1. The Morgan fingerprint density at radius 1 is 1.40 bits per heavy atom. The number of nitrogens with one attached hydrogen (secondary N) is 1. The summed E-state index contributed by atoms with van der Waals surface area (Å²) in [6.07, 6.45) is 1.57. The van der Waals surface area contributed by atoms with E-state index >= 15 is 0 Å². The molecule has 1 aromatic carbocycles. The van der Waals surface area contributed by atoms with Gasteiger partial charge in [0.25, 0.3) is 5.91 Å². The van der Waals surface area contributed by atoms with Crippen LogP contribution in [0.3, 0.4) is 0 Å². The molecule has 20 heavy (non-hydrogen) atoms. The summed E-state index contributed by atoms with van der Waals surface area (Å²) in [7, 11) is -3.96. The molecular formula is C12H16BrClN2O3S. The molecule has 1 aromatic rings. The molecule has 3 N–H and O–H groups in total. The smallest absolute Gasteiger partial charge is 0.251 e. The molecule has 1 rings (SSSR count). The number of hydrogen-bond acceptors (Lipinski definition) is 3. The van der Waals surface area contributed by atoms with Crippen LogP contribution in [0.15, 0.2) is 21.5 Å². The fraction of sp³-hybridized carbons (Fsp3) is 0.417. The van der Waals surface area contributed by atoms with E-state index in [9.17, 15) is 13.2 Å². The van der Waals surface area contributed by atoms with Crippen molar-refractivity contribution in [3.05, 3.63) is 27.2 Å². The molecule has 0 bridgehead atoms. The fourth-order valence-electron chi connectivity index (χ4n) is 1.66. The van der Waals surface area contributed by atoms with Crippen LogP contribution in [0.2, 0.25) is 5.02 Å². The van der Waals surface area contributed by atoms with Crippen LogP contribution >= 0.6 is 27.5 Å². The summed E-state index contributed by atoms with van der Waals surface area (Å²) in [4.78, 5) is 11.9. The number of carbonyl (C=O) groups excluding carboxylic acids is 1. The summed E-state index contributed by atoms with van der Waals surface area (Å²) in [5, 5.41) is 8.03. The van der Waals surface area contributed by atoms with Crippen LogP contribution in [0.5, 0.6) is 0 Å². The van der Waals surface area contributed by atoms with Gasteiger partial charge < -0.3 is 5.32 Å². The van der Waals surface area contributed by atoms with Crippen molar-refractivity contribution in [2.24, 2.45) is 5.14 Å². The summed E-state index contributed by atoms with van der Waals surface area (Å²) >= 11 is 8.98. The van der Waals surface area contributed by atoms with Gasteiger partial charge in [0.05, 0.1) is 14.4 Å². The van der Waals surface area contributed by atoms with Crippen LogP contribution in [0.4, 0.5) is 0 Å². The fourth-order valence-corrected chi connectivity index (χ4v) is 3.50. The van der Waals surface area contributed by atoms with E-state index in [1.54, 1.807) is 0 Å². The number of sulfonamides is 1. The first-order valence-electron chi connectivity index (χ1n) is 6.03. The van der Waals surface area contributed by atoms with E-state index in [2.05, 4.69) is 21.2 Å². The molecule has 0 saturated heterocycles. The summed E-state index contributed by atoms with van der Waals surface area (Å²) in [6.45, 7) is 3.91. The zero-order valence-electron chi connectivity index (χ0n) is 11.1. The Labute approximate surface area is 132 Å². The Morgan fingerprint density at radius 2 is 1.95 bits per heavy atom. The van der Waals surface area contributed by atoms with Crippen LogP contribution < -0.4 is 10.5 Å². The molecule has 0 spiro atoms. The van der Waals surface area contributed by atoms with Crippen molar-refractivity contribution in [1.29, 1.82) is 0 Å². The third-order valence-electron chi connectivity index (χ3n) is 2.88. The average Bonchev–Trinajstić information content (AvgIpc) is 2.37. The zero-order chi connectivity index (χ0) is 15.5. The molecule has 0 heterocycles. The second-order valence-corrected chi connectivity index (χ2v) is 7.03. The second kappa shape index (κ2) is 6.89. The highest BCUT2D eigenvalue weighted by Gasteiger charge is 2.20. The Bertz CT molecular complexity index is 615. The SMILES string of the molecule is CCC(CC)NC(=O)c1cc(Cl)c(Br)c(S(N)(=O)=O)c1. The van der Waals surface area contributed by atoms with Gasteiger partial charge in [-0.25, -0.2) is 13.6 Å². The van der Waals surface area contributed by atoms with Gasteiger partial charge >= 0.3 is 0 Å². The molecule has 112 valence electrons. The molecule has 0 saturated carbocycles. The summed E-state index contributed by atoms with van der Waals surface area (Å²) in [5.74, 6) is -0.377. The molecule has 0 atom stereocenters. The molecule has 0 unspecified atom stereocenters. The Hall–Kier alpha value is -0.630. The van der Waals surface area contributed by atoms with Gasteiger partial charge in [-0.1, -0.05) is 25.4 Å². The first kappa shape index (κ1) is 17.4. The lowest BCUT2D eigenvalue weighted by molar-refractivity contribution is 0.0934. The molecule has 0 radical (unpaired) electrons. The van der Waals surface area contributed by atoms with E-state index in [-0.39, 0.29) is 31.9 Å². The quantitative estimate of drug-likeness (QED) is 0.819. The number of hydrogen-bond donors (Lipinski definition) is 2. The minimum Gasteiger partial charge on any atom is -0.349 e. The van der Waals surface area contributed by atoms with Crippen molar-refractivity contribution in [2.45, 2.75) is 37.6 Å². The maximum Gasteiger partial charge on any atom is 0.251 e. The van der Waals surface area contributed by atoms with Crippen LogP contribution in [0.25, 0.3) is 0 Å². The van der Waals surface area contributed by atoms with Crippen LogP contribution in [0.1, 0.15) is 37.0 Å². The highest BCUT2D eigenvalue weighted by Crippen LogP contribution is 2.30. The van der Waals surface area contributed by atoms with Crippen molar-refractivity contribution >= 4 is 43.5 Å². The van der Waals surface area contributed by atoms with Gasteiger partial charge in [-0.05, 0) is 40.9 Å². The maximum atomic E-state index is 12.1. The molecule has 5 nitrogen and oxygen atoms in total. The van der Waals surface area contributed by atoms with Gasteiger partial charge in [-0.2, -0.15) is 0 Å². The maximum absolute atomic E-state index is 12.1. The summed E-state index contributed by atoms with van der Waals surface area (Å²) in [5.41, 5.74) is 0.161. The normalized spacial score (nSPS) is 11.7. The number of halogens is 2. The van der Waals surface area contributed by atoms with E-state index < -0.39 is 10.0 Å². The molecule has 0 aliphatic carbocycles. The Balaban J connectivity index is 3.21. The third-order valence-corrected chi connectivity index (χ3v) is 5.46. The largest absolute Gasteiger partial charge is 0.349 e. The lowest BCUT2D eigenvalue weighted by Gasteiger charge is -2.15. The number of benzene rings is 1. The number of nitrogens with two attached hydrogens (primary N) is 1. The number of amides is 1. The van der Waals surface area contributed by atoms with Crippen molar-refractivity contribution in [3.8, 4) is 0 Å². The predicted octanol–water partition coefficient (Wildman–Crippen LogP) is 2.67. The first-order valence-corrected chi connectivity index (χ1v) is 8.75. The highest BCUT2D eigenvalue weighted by molar-refractivity contribution is 9.10. The van der Waals surface area contributed by atoms with Crippen molar-refractivity contribution in [3.63, 3.8) is 0 Å². The standard InChI is InChI=1S/C12H16BrClN2O3S/c1-3-8(4-2)16-12(17)7-5-9(14)11(13)10(6-7)20(15,18)19/h5-6,8H,3-4H2,1-2H3,(H,16,17)(H2,15,18,19). The van der Waals surface area contributed by atoms with Crippen molar-refractivity contribution < 1.29 is 13.2 Å². The second-order valence-electron chi connectivity index (χ2n) is 4.30. The molecule has 0 aromatic heterocycles. The zero-order valence-corrected chi connectivity index (χ0v) is 14.3. The number of rotatable bonds is 5. The van der Waals surface area contributed by atoms with Crippen LogP contribution in [0, 0.1) is 0 Å². The van der Waals surface area contributed by atoms with Gasteiger partial charge in [-0.15, -0.1) is 0 Å². The monoisotopic (exact) mass is 382 g/mol. The van der Waals surface area contributed by atoms with E-state index in [1.807, 2.05) is 13.8 Å². The molecule has 0 fully saturated rings. The lowest BCUT2D eigenvalue weighted by atomic mass is 10.1. The van der Waals surface area contributed by atoms with Gasteiger partial charge in [-0.3, -0.25) is 4.79 Å². The number of primary sulfonamides is 1. The van der Waals surface area contributed by atoms with Gasteiger partial charge in [0.15, 0.2) is 0 Å². The minimum absolute atomic E-state index is 0.0304. The third kappa shape index (κ3) is 4.18. The van der Waals surface area contributed by atoms with E-state index in [0.717, 1.165) is 12.8 Å². The molecule has 0 aliphatic heterocycles. The van der Waals surface area contributed by atoms with Crippen molar-refractivity contribution in [2.75, 3.05) is 0 Å². The average molecular weight is 384 g/mol. The summed E-state index contributed by atoms with van der Waals surface area (Å²) in [6, 6.07) is 2.64. The van der Waals surface area contributed by atoms with Crippen LogP contribution in [-0.4, -0.2) is 20.4 Å². The Kier molecular flexibility index (Phi) is 6.00. The van der Waals surface area contributed by atoms with E-state index in [1.165, 1.54) is 12.1 Å². The van der Waals surface area contributed by atoms with Crippen LogP contribution in [-0.2, 0) is 10.0 Å². The minimum atomic E-state index is -3.96. The van der Waals surface area contributed by atoms with E-state index in [0.29, 0.717) is 0 Å². The predicted molar refractivity (Wildman–Crippen MR) is 82.4 cm³/mol. The molecule has 0 aliphatic rings. The first-order chi connectivity index (χ1) is 9.20. The van der Waals surface area contributed by atoms with E-state index in [4.69, 9.17) is 16.7 Å². The van der Waals surface area contributed by atoms with Gasteiger partial charge in [0, 0.05) is 11.6 Å². The molecular weight excluding hydrogens is 368 g/mol. The topological polar surface area (TPSA) is 89.3 Å². The number of carbonyl (C=O) groups is 1. The lowest BCUT2D eigenvalue weighted by Crippen LogP contribution is -2.34. The van der Waals surface area contributed by atoms with Gasteiger partial charge in [0.2, 0.25) is 10.0 Å². The molecule has 8 heteroatoms. The van der Waals surface area contributed by atoms with Crippen molar-refractivity contribution in [1.82, 2.24) is 5.32 Å². The van der Waals surface area contributed by atoms with Gasteiger partial charge in [0.1, 0.15) is 0 Å². The Morgan fingerprint density at radius 3 is 2.40 bits per heavy atom. The molecule has 1 amide bonds. The highest BCUT2D eigenvalue weighted by atomic mass is 79.9.